The molecule has 9 heteroatoms. The summed E-state index contributed by atoms with van der Waals surface area (Å²) >= 11 is 0. The second-order valence-electron chi connectivity index (χ2n) is 6.93. The molecule has 2 aromatic heterocycles. The fraction of sp³-hybridized carbons (Fsp3) is 0.333. The number of carbonyl (C=O) groups is 1. The molecule has 3 heterocycles. The molecule has 0 aliphatic carbocycles. The fourth-order valence-corrected chi connectivity index (χ4v) is 3.41. The highest BCUT2D eigenvalue weighted by Gasteiger charge is 2.23. The number of urea groups is 1. The molecule has 0 radical (unpaired) electrons. The van der Waals surface area contributed by atoms with Gasteiger partial charge in [0.2, 0.25) is 0 Å². The van der Waals surface area contributed by atoms with Gasteiger partial charge >= 0.3 is 6.03 Å². The highest BCUT2D eigenvalue weighted by molar-refractivity contribution is 5.91. The van der Waals surface area contributed by atoms with Crippen LogP contribution in [0.15, 0.2) is 49.1 Å². The molecule has 0 bridgehead atoms. The number of anilines is 2. The van der Waals surface area contributed by atoms with Crippen molar-refractivity contribution in [2.24, 2.45) is 0 Å². The van der Waals surface area contributed by atoms with E-state index < -0.39 is 0 Å². The Morgan fingerprint density at radius 3 is 2.63 bits per heavy atom. The number of piperazine rings is 1. The predicted octanol–water partition coefficient (Wildman–Crippen LogP) is 2.72. The summed E-state index contributed by atoms with van der Waals surface area (Å²) < 4.78 is 7.45. The Morgan fingerprint density at radius 1 is 1.13 bits per heavy atom. The van der Waals surface area contributed by atoms with Crippen LogP contribution in [-0.4, -0.2) is 63.2 Å². The van der Waals surface area contributed by atoms with Crippen molar-refractivity contribution in [2.45, 2.75) is 13.8 Å². The smallest absolute Gasteiger partial charge is 0.322 e. The zero-order valence-corrected chi connectivity index (χ0v) is 17.2. The molecular weight excluding hydrogens is 382 g/mol. The molecule has 1 fully saturated rings. The Labute approximate surface area is 175 Å². The highest BCUT2D eigenvalue weighted by Crippen LogP contribution is 2.24. The molecule has 0 unspecified atom stereocenters. The number of benzene rings is 1. The first-order valence-corrected chi connectivity index (χ1v) is 10.0. The minimum Gasteiger partial charge on any atom is -0.492 e. The van der Waals surface area contributed by atoms with Gasteiger partial charge in [-0.2, -0.15) is 0 Å². The third-order valence-corrected chi connectivity index (χ3v) is 4.90. The van der Waals surface area contributed by atoms with Crippen molar-refractivity contribution in [3.05, 3.63) is 54.9 Å². The van der Waals surface area contributed by atoms with Gasteiger partial charge in [0.1, 0.15) is 29.5 Å². The molecule has 0 spiro atoms. The van der Waals surface area contributed by atoms with Crippen molar-refractivity contribution >= 4 is 17.5 Å². The number of imidazole rings is 1. The summed E-state index contributed by atoms with van der Waals surface area (Å²) in [5, 5.41) is 2.96. The second-order valence-corrected chi connectivity index (χ2v) is 6.93. The van der Waals surface area contributed by atoms with E-state index in [2.05, 4.69) is 25.2 Å². The number of aryl methyl sites for hydroxylation is 1. The maximum absolute atomic E-state index is 12.7. The van der Waals surface area contributed by atoms with Crippen LogP contribution >= 0.6 is 0 Å². The zero-order valence-electron chi connectivity index (χ0n) is 17.2. The molecule has 0 atom stereocenters. The van der Waals surface area contributed by atoms with Crippen LogP contribution in [0.4, 0.5) is 16.3 Å². The van der Waals surface area contributed by atoms with E-state index in [-0.39, 0.29) is 6.03 Å². The lowest BCUT2D eigenvalue weighted by Gasteiger charge is -2.35. The molecule has 3 aromatic rings. The van der Waals surface area contributed by atoms with Gasteiger partial charge in [0.25, 0.3) is 0 Å². The van der Waals surface area contributed by atoms with Crippen molar-refractivity contribution in [1.82, 2.24) is 24.4 Å². The topological polar surface area (TPSA) is 88.4 Å². The standard InChI is InChI=1S/C21H25N7O2/c1-3-30-18-7-5-4-6-17(18)25-21(29)27-12-10-26(11-13-27)19-14-20(24-16(2)23-19)28-9-8-22-15-28/h4-9,14-15H,3,10-13H2,1-2H3,(H,25,29). The number of nitrogens with one attached hydrogen (secondary N) is 1. The van der Waals surface area contributed by atoms with Crippen LogP contribution in [0.1, 0.15) is 12.7 Å². The van der Waals surface area contributed by atoms with Gasteiger partial charge in [0, 0.05) is 44.6 Å². The number of ether oxygens (including phenoxy) is 1. The number of amides is 2. The van der Waals surface area contributed by atoms with E-state index in [1.165, 1.54) is 0 Å². The molecule has 1 aliphatic rings. The third kappa shape index (κ3) is 4.35. The number of rotatable bonds is 5. The van der Waals surface area contributed by atoms with E-state index in [0.717, 1.165) is 11.6 Å². The molecule has 4 rings (SSSR count). The van der Waals surface area contributed by atoms with Crippen molar-refractivity contribution in [3.63, 3.8) is 0 Å². The number of aromatic nitrogens is 4. The van der Waals surface area contributed by atoms with Gasteiger partial charge in [-0.1, -0.05) is 12.1 Å². The zero-order chi connectivity index (χ0) is 20.9. The summed E-state index contributed by atoms with van der Waals surface area (Å²) in [4.78, 5) is 29.9. The lowest BCUT2D eigenvalue weighted by Crippen LogP contribution is -2.50. The second kappa shape index (κ2) is 8.81. The Bertz CT molecular complexity index is 998. The van der Waals surface area contributed by atoms with E-state index in [9.17, 15) is 4.79 Å². The molecule has 1 aliphatic heterocycles. The van der Waals surface area contributed by atoms with Crippen LogP contribution in [0.2, 0.25) is 0 Å². The predicted molar refractivity (Wildman–Crippen MR) is 114 cm³/mol. The summed E-state index contributed by atoms with van der Waals surface area (Å²) in [6.45, 7) is 6.94. The van der Waals surface area contributed by atoms with Crippen LogP contribution in [-0.2, 0) is 0 Å². The van der Waals surface area contributed by atoms with Crippen LogP contribution < -0.4 is 15.0 Å². The lowest BCUT2D eigenvalue weighted by atomic mass is 10.3. The maximum Gasteiger partial charge on any atom is 0.322 e. The SMILES string of the molecule is CCOc1ccccc1NC(=O)N1CCN(c2cc(-n3ccnc3)nc(C)n2)CC1. The molecule has 156 valence electrons. The van der Waals surface area contributed by atoms with Gasteiger partial charge < -0.3 is 19.9 Å². The van der Waals surface area contributed by atoms with Crippen LogP contribution in [0.25, 0.3) is 5.82 Å². The van der Waals surface area contributed by atoms with Gasteiger partial charge in [0.15, 0.2) is 0 Å². The van der Waals surface area contributed by atoms with Crippen molar-refractivity contribution < 1.29 is 9.53 Å². The Hall–Kier alpha value is -3.62. The number of para-hydroxylation sites is 2. The minimum absolute atomic E-state index is 0.125. The van der Waals surface area contributed by atoms with Gasteiger partial charge in [-0.05, 0) is 26.0 Å². The first-order chi connectivity index (χ1) is 14.6. The third-order valence-electron chi connectivity index (χ3n) is 4.90. The number of nitrogens with zero attached hydrogens (tertiary/aromatic N) is 6. The molecule has 1 aromatic carbocycles. The first-order valence-electron chi connectivity index (χ1n) is 10.0. The minimum atomic E-state index is -0.125. The van der Waals surface area contributed by atoms with Gasteiger partial charge in [-0.15, -0.1) is 0 Å². The number of carbonyl (C=O) groups excluding carboxylic acids is 1. The van der Waals surface area contributed by atoms with Crippen LogP contribution in [0, 0.1) is 6.92 Å². The summed E-state index contributed by atoms with van der Waals surface area (Å²) in [5.74, 6) is 3.01. The summed E-state index contributed by atoms with van der Waals surface area (Å²) in [5.41, 5.74) is 0.683. The Balaban J connectivity index is 1.40. The summed E-state index contributed by atoms with van der Waals surface area (Å²) in [7, 11) is 0. The van der Waals surface area contributed by atoms with E-state index >= 15 is 0 Å². The molecule has 1 saturated heterocycles. The van der Waals surface area contributed by atoms with E-state index in [1.807, 2.05) is 59.8 Å². The Kier molecular flexibility index (Phi) is 5.78. The normalized spacial score (nSPS) is 13.9. The average Bonchev–Trinajstić information content (AvgIpc) is 3.30. The van der Waals surface area contributed by atoms with Crippen LogP contribution in [0.5, 0.6) is 5.75 Å². The van der Waals surface area contributed by atoms with Crippen molar-refractivity contribution in [1.29, 1.82) is 0 Å². The highest BCUT2D eigenvalue weighted by atomic mass is 16.5. The molecule has 0 saturated carbocycles. The van der Waals surface area contributed by atoms with E-state index in [0.29, 0.717) is 50.0 Å². The molecule has 2 amide bonds. The van der Waals surface area contributed by atoms with Gasteiger partial charge in [-0.25, -0.2) is 19.7 Å². The van der Waals surface area contributed by atoms with Crippen molar-refractivity contribution in [3.8, 4) is 11.6 Å². The Morgan fingerprint density at radius 2 is 1.90 bits per heavy atom. The number of hydrogen-bond donors (Lipinski definition) is 1. The van der Waals surface area contributed by atoms with Gasteiger partial charge in [-0.3, -0.25) is 4.57 Å². The summed E-state index contributed by atoms with van der Waals surface area (Å²) in [6, 6.07) is 9.29. The summed E-state index contributed by atoms with van der Waals surface area (Å²) in [6.07, 6.45) is 5.29. The monoisotopic (exact) mass is 407 g/mol. The van der Waals surface area contributed by atoms with Gasteiger partial charge in [0.05, 0.1) is 12.3 Å². The average molecular weight is 407 g/mol. The van der Waals surface area contributed by atoms with E-state index in [4.69, 9.17) is 4.74 Å². The molecule has 30 heavy (non-hydrogen) atoms. The fourth-order valence-electron chi connectivity index (χ4n) is 3.41. The molecule has 1 N–H and O–H groups in total. The largest absolute Gasteiger partial charge is 0.492 e. The molecular formula is C21H25N7O2. The molecule has 9 nitrogen and oxygen atoms in total. The number of hydrogen-bond acceptors (Lipinski definition) is 6. The lowest BCUT2D eigenvalue weighted by molar-refractivity contribution is 0.208. The van der Waals surface area contributed by atoms with E-state index in [1.54, 1.807) is 12.5 Å². The first kappa shape index (κ1) is 19.7. The quantitative estimate of drug-likeness (QED) is 0.700. The van der Waals surface area contributed by atoms with Crippen LogP contribution in [0.3, 0.4) is 0 Å². The van der Waals surface area contributed by atoms with Crippen molar-refractivity contribution in [2.75, 3.05) is 43.0 Å². The maximum atomic E-state index is 12.7.